The lowest BCUT2D eigenvalue weighted by molar-refractivity contribution is -0.384. The lowest BCUT2D eigenvalue weighted by atomic mass is 10.3. The number of anilines is 1. The Hall–Kier alpha value is -2.56. The lowest BCUT2D eigenvalue weighted by Crippen LogP contribution is -2.36. The van der Waals surface area contributed by atoms with Gasteiger partial charge in [-0.15, -0.1) is 11.3 Å². The molecule has 0 unspecified atom stereocenters. The van der Waals surface area contributed by atoms with Crippen molar-refractivity contribution in [2.24, 2.45) is 0 Å². The van der Waals surface area contributed by atoms with Crippen LogP contribution in [0.2, 0.25) is 0 Å². The molecule has 0 saturated carbocycles. The Morgan fingerprint density at radius 3 is 2.65 bits per heavy atom. The molecule has 0 spiro atoms. The van der Waals surface area contributed by atoms with Gasteiger partial charge in [0.2, 0.25) is 5.91 Å². The topological polar surface area (TPSA) is 92.6 Å². The highest BCUT2D eigenvalue weighted by Crippen LogP contribution is 2.33. The van der Waals surface area contributed by atoms with E-state index in [2.05, 4.69) is 5.32 Å². The van der Waals surface area contributed by atoms with Crippen molar-refractivity contribution in [3.63, 3.8) is 0 Å². The van der Waals surface area contributed by atoms with Crippen LogP contribution in [0, 0.1) is 10.1 Å². The number of hydrogen-bond donors (Lipinski definition) is 1. The highest BCUT2D eigenvalue weighted by molar-refractivity contribution is 8.26. The van der Waals surface area contributed by atoms with E-state index in [4.69, 9.17) is 12.2 Å². The van der Waals surface area contributed by atoms with Crippen molar-refractivity contribution in [3.05, 3.63) is 61.7 Å². The van der Waals surface area contributed by atoms with E-state index >= 15 is 0 Å². The number of nitrogens with zero attached hydrogens (tertiary/aromatic N) is 2. The molecule has 2 amide bonds. The van der Waals surface area contributed by atoms with Crippen LogP contribution < -0.4 is 5.32 Å². The molecule has 0 aliphatic carbocycles. The Balaban J connectivity index is 1.64. The normalized spacial score (nSPS) is 15.5. The van der Waals surface area contributed by atoms with Crippen LogP contribution in [0.5, 0.6) is 0 Å². The SMILES string of the molecule is O=C(CN1C(=O)/C(=C\c2cccs2)SC1=S)Nc1ccc([N+](=O)[O-])cc1. The summed E-state index contributed by atoms with van der Waals surface area (Å²) in [7, 11) is 0. The molecule has 7 nitrogen and oxygen atoms in total. The zero-order valence-corrected chi connectivity index (χ0v) is 15.5. The Bertz CT molecular complexity index is 907. The molecule has 1 fully saturated rings. The van der Waals surface area contributed by atoms with E-state index in [1.807, 2.05) is 17.5 Å². The van der Waals surface area contributed by atoms with Gasteiger partial charge in [-0.3, -0.25) is 24.6 Å². The van der Waals surface area contributed by atoms with Crippen LogP contribution in [0.25, 0.3) is 6.08 Å². The number of non-ortho nitro benzene ring substituents is 1. The Morgan fingerprint density at radius 2 is 2.04 bits per heavy atom. The molecule has 0 atom stereocenters. The van der Waals surface area contributed by atoms with Crippen LogP contribution in [0.3, 0.4) is 0 Å². The van der Waals surface area contributed by atoms with Gasteiger partial charge in [-0.1, -0.05) is 30.0 Å². The number of benzene rings is 1. The summed E-state index contributed by atoms with van der Waals surface area (Å²) in [4.78, 5) is 37.4. The molecule has 26 heavy (non-hydrogen) atoms. The molecule has 1 aliphatic heterocycles. The molecule has 0 radical (unpaired) electrons. The summed E-state index contributed by atoms with van der Waals surface area (Å²) in [6.07, 6.45) is 1.75. The first kappa shape index (κ1) is 18.2. The number of thiophene rings is 1. The number of hydrogen-bond acceptors (Lipinski definition) is 7. The van der Waals surface area contributed by atoms with E-state index < -0.39 is 10.8 Å². The maximum atomic E-state index is 12.4. The minimum absolute atomic E-state index is 0.0707. The van der Waals surface area contributed by atoms with E-state index in [9.17, 15) is 19.7 Å². The number of carbonyl (C=O) groups is 2. The van der Waals surface area contributed by atoms with Crippen LogP contribution >= 0.6 is 35.3 Å². The fourth-order valence-electron chi connectivity index (χ4n) is 2.15. The third kappa shape index (κ3) is 4.15. The first-order valence-electron chi connectivity index (χ1n) is 7.27. The summed E-state index contributed by atoms with van der Waals surface area (Å²) in [6.45, 7) is -0.219. The van der Waals surface area contributed by atoms with Crippen molar-refractivity contribution < 1.29 is 14.5 Å². The zero-order chi connectivity index (χ0) is 18.7. The predicted octanol–water partition coefficient (Wildman–Crippen LogP) is 3.50. The molecule has 1 N–H and O–H groups in total. The van der Waals surface area contributed by atoms with Crippen LogP contribution in [-0.2, 0) is 9.59 Å². The standard InChI is InChI=1S/C16H11N3O4S3/c20-14(17-10-3-5-11(6-4-10)19(22)23)9-18-15(21)13(26-16(18)24)8-12-2-1-7-25-12/h1-8H,9H2,(H,17,20)/b13-8+. The minimum atomic E-state index is -0.522. The largest absolute Gasteiger partial charge is 0.325 e. The summed E-state index contributed by atoms with van der Waals surface area (Å²) in [5.74, 6) is -0.750. The monoisotopic (exact) mass is 405 g/mol. The number of nitro groups is 1. The van der Waals surface area contributed by atoms with Gasteiger partial charge in [0, 0.05) is 22.7 Å². The van der Waals surface area contributed by atoms with Gasteiger partial charge in [0.1, 0.15) is 10.9 Å². The minimum Gasteiger partial charge on any atom is -0.325 e. The summed E-state index contributed by atoms with van der Waals surface area (Å²) in [5, 5.41) is 15.1. The number of thioether (sulfide) groups is 1. The van der Waals surface area contributed by atoms with Gasteiger partial charge >= 0.3 is 0 Å². The number of carbonyl (C=O) groups excluding carboxylic acids is 2. The van der Waals surface area contributed by atoms with E-state index in [1.165, 1.54) is 40.5 Å². The second-order valence-corrected chi connectivity index (χ2v) is 7.79. The molecular formula is C16H11N3O4S3. The molecule has 1 aromatic carbocycles. The predicted molar refractivity (Wildman–Crippen MR) is 106 cm³/mol. The summed E-state index contributed by atoms with van der Waals surface area (Å²) >= 11 is 7.85. The molecule has 1 aliphatic rings. The van der Waals surface area contributed by atoms with Crippen molar-refractivity contribution in [1.82, 2.24) is 4.90 Å². The van der Waals surface area contributed by atoms with E-state index in [1.54, 1.807) is 6.08 Å². The number of rotatable bonds is 5. The second kappa shape index (κ2) is 7.77. The smallest absolute Gasteiger partial charge is 0.269 e. The van der Waals surface area contributed by atoms with Crippen LogP contribution in [-0.4, -0.2) is 32.5 Å². The maximum Gasteiger partial charge on any atom is 0.269 e. The molecule has 0 bridgehead atoms. The Morgan fingerprint density at radius 1 is 1.31 bits per heavy atom. The average molecular weight is 405 g/mol. The number of amides is 2. The molecule has 2 aromatic rings. The molecule has 1 saturated heterocycles. The first-order chi connectivity index (χ1) is 12.4. The second-order valence-electron chi connectivity index (χ2n) is 5.14. The number of nitrogens with one attached hydrogen (secondary N) is 1. The van der Waals surface area contributed by atoms with E-state index in [0.29, 0.717) is 14.9 Å². The van der Waals surface area contributed by atoms with Gasteiger partial charge in [0.05, 0.1) is 9.83 Å². The van der Waals surface area contributed by atoms with Crippen LogP contribution in [0.4, 0.5) is 11.4 Å². The molecule has 3 rings (SSSR count). The summed E-state index contributed by atoms with van der Waals surface area (Å²) in [6, 6.07) is 9.21. The molecule has 2 heterocycles. The van der Waals surface area contributed by atoms with Gasteiger partial charge in [0.15, 0.2) is 0 Å². The van der Waals surface area contributed by atoms with Crippen LogP contribution in [0.1, 0.15) is 4.88 Å². The third-order valence-electron chi connectivity index (χ3n) is 3.35. The first-order valence-corrected chi connectivity index (χ1v) is 9.37. The van der Waals surface area contributed by atoms with Gasteiger partial charge < -0.3 is 5.32 Å². The van der Waals surface area contributed by atoms with Gasteiger partial charge in [-0.2, -0.15) is 0 Å². The molecule has 10 heteroatoms. The molecule has 132 valence electrons. The highest BCUT2D eigenvalue weighted by atomic mass is 32.2. The van der Waals surface area contributed by atoms with Gasteiger partial charge in [0.25, 0.3) is 11.6 Å². The summed E-state index contributed by atoms with van der Waals surface area (Å²) in [5.41, 5.74) is 0.332. The molecular weight excluding hydrogens is 394 g/mol. The molecule has 1 aromatic heterocycles. The average Bonchev–Trinajstić information content (AvgIpc) is 3.20. The van der Waals surface area contributed by atoms with Crippen molar-refractivity contribution in [1.29, 1.82) is 0 Å². The van der Waals surface area contributed by atoms with E-state index in [-0.39, 0.29) is 18.1 Å². The van der Waals surface area contributed by atoms with Crippen molar-refractivity contribution in [2.45, 2.75) is 0 Å². The van der Waals surface area contributed by atoms with Crippen molar-refractivity contribution in [2.75, 3.05) is 11.9 Å². The Kier molecular flexibility index (Phi) is 5.45. The van der Waals surface area contributed by atoms with Crippen LogP contribution in [0.15, 0.2) is 46.7 Å². The van der Waals surface area contributed by atoms with Gasteiger partial charge in [-0.05, 0) is 29.7 Å². The van der Waals surface area contributed by atoms with Crippen molar-refractivity contribution >= 4 is 68.9 Å². The Labute approximate surface area is 161 Å². The fourth-order valence-corrected chi connectivity index (χ4v) is 4.13. The summed E-state index contributed by atoms with van der Waals surface area (Å²) < 4.78 is 0.316. The van der Waals surface area contributed by atoms with Crippen molar-refractivity contribution in [3.8, 4) is 0 Å². The highest BCUT2D eigenvalue weighted by Gasteiger charge is 2.33. The third-order valence-corrected chi connectivity index (χ3v) is 5.55. The lowest BCUT2D eigenvalue weighted by Gasteiger charge is -2.14. The number of thiocarbonyl (C=S) groups is 1. The van der Waals surface area contributed by atoms with Gasteiger partial charge in [-0.25, -0.2) is 0 Å². The zero-order valence-electron chi connectivity index (χ0n) is 13.1. The maximum absolute atomic E-state index is 12.4. The quantitative estimate of drug-likeness (QED) is 0.354. The van der Waals surface area contributed by atoms with E-state index in [0.717, 1.165) is 16.6 Å². The fraction of sp³-hybridized carbons (Fsp3) is 0.0625. The number of nitro benzene ring substituents is 1.